The fraction of sp³-hybridized carbons (Fsp3) is 0.333. The maximum Gasteiger partial charge on any atom is 0.330 e. The van der Waals surface area contributed by atoms with E-state index in [1.165, 1.54) is 0 Å². The molecule has 2 N–H and O–H groups in total. The fourth-order valence-corrected chi connectivity index (χ4v) is 4.15. The van der Waals surface area contributed by atoms with Crippen molar-refractivity contribution >= 4 is 17.4 Å². The van der Waals surface area contributed by atoms with E-state index < -0.39 is 11.5 Å². The summed E-state index contributed by atoms with van der Waals surface area (Å²) in [4.78, 5) is 25.4. The summed E-state index contributed by atoms with van der Waals surface area (Å²) in [5, 5.41) is 12.8. The van der Waals surface area contributed by atoms with Crippen molar-refractivity contribution < 1.29 is 14.7 Å². The van der Waals surface area contributed by atoms with Gasteiger partial charge in [0.15, 0.2) is 0 Å². The monoisotopic (exact) mass is 377 g/mol. The van der Waals surface area contributed by atoms with Crippen LogP contribution in [-0.4, -0.2) is 22.5 Å². The summed E-state index contributed by atoms with van der Waals surface area (Å²) in [5.41, 5.74) is 4.25. The molecule has 0 atom stereocenters. The number of allylic oxidation sites excluding steroid dienone is 2. The van der Waals surface area contributed by atoms with Gasteiger partial charge in [-0.3, -0.25) is 4.79 Å². The lowest BCUT2D eigenvalue weighted by Crippen LogP contribution is -2.55. The highest BCUT2D eigenvalue weighted by molar-refractivity contribution is 6.02. The topological polar surface area (TPSA) is 66.4 Å². The van der Waals surface area contributed by atoms with Gasteiger partial charge in [-0.15, -0.1) is 0 Å². The number of rotatable bonds is 6. The molecule has 0 unspecified atom stereocenters. The first kappa shape index (κ1) is 19.9. The van der Waals surface area contributed by atoms with Gasteiger partial charge in [0.25, 0.3) is 5.91 Å². The quantitative estimate of drug-likeness (QED) is 0.776. The third kappa shape index (κ3) is 3.59. The maximum absolute atomic E-state index is 13.3. The van der Waals surface area contributed by atoms with Gasteiger partial charge in [-0.2, -0.15) is 0 Å². The lowest BCUT2D eigenvalue weighted by Gasteiger charge is -2.26. The van der Waals surface area contributed by atoms with Crippen LogP contribution in [-0.2, 0) is 17.6 Å². The standard InChI is InChI=1S/C24H27NO3/c1-4-9-17(5-2)21-16(3)10-8-13-20(21)22(26)25-24(23(27)28)14-18-11-6-7-12-19(18)15-24/h6-13H,4-5,14-15H2,1-3H3,(H,25,26)(H,27,28)/b17-9-. The van der Waals surface area contributed by atoms with Crippen molar-refractivity contribution in [3.63, 3.8) is 0 Å². The van der Waals surface area contributed by atoms with Crippen LogP contribution in [0.2, 0.25) is 0 Å². The van der Waals surface area contributed by atoms with Crippen LogP contribution in [0.15, 0.2) is 48.5 Å². The van der Waals surface area contributed by atoms with Gasteiger partial charge >= 0.3 is 5.97 Å². The molecule has 1 amide bonds. The van der Waals surface area contributed by atoms with Crippen molar-refractivity contribution in [2.24, 2.45) is 0 Å². The summed E-state index contributed by atoms with van der Waals surface area (Å²) in [6, 6.07) is 13.3. The molecule has 0 radical (unpaired) electrons. The average molecular weight is 377 g/mol. The largest absolute Gasteiger partial charge is 0.479 e. The highest BCUT2D eigenvalue weighted by atomic mass is 16.4. The van der Waals surface area contributed by atoms with E-state index in [1.807, 2.05) is 43.3 Å². The summed E-state index contributed by atoms with van der Waals surface area (Å²) < 4.78 is 0. The molecule has 146 valence electrons. The van der Waals surface area contributed by atoms with Gasteiger partial charge in [0.2, 0.25) is 0 Å². The predicted molar refractivity (Wildman–Crippen MR) is 111 cm³/mol. The van der Waals surface area contributed by atoms with Gasteiger partial charge in [0.1, 0.15) is 5.54 Å². The summed E-state index contributed by atoms with van der Waals surface area (Å²) in [6.07, 6.45) is 4.44. The normalized spacial score (nSPS) is 15.2. The van der Waals surface area contributed by atoms with Gasteiger partial charge in [-0.05, 0) is 53.7 Å². The first-order chi connectivity index (χ1) is 13.4. The molecule has 0 aromatic heterocycles. The Labute approximate surface area is 166 Å². The minimum absolute atomic E-state index is 0.302. The molecule has 0 saturated carbocycles. The number of aryl methyl sites for hydroxylation is 1. The van der Waals surface area contributed by atoms with Crippen LogP contribution >= 0.6 is 0 Å². The number of amides is 1. The average Bonchev–Trinajstić information content (AvgIpc) is 3.05. The second-order valence-corrected chi connectivity index (χ2v) is 7.45. The highest BCUT2D eigenvalue weighted by Gasteiger charge is 2.45. The van der Waals surface area contributed by atoms with E-state index in [-0.39, 0.29) is 5.91 Å². The Hall–Kier alpha value is -2.88. The molecule has 3 rings (SSSR count). The number of hydrogen-bond donors (Lipinski definition) is 2. The van der Waals surface area contributed by atoms with Gasteiger partial charge < -0.3 is 10.4 Å². The van der Waals surface area contributed by atoms with Crippen LogP contribution in [0.5, 0.6) is 0 Å². The molecule has 2 aromatic carbocycles. The van der Waals surface area contributed by atoms with Crippen molar-refractivity contribution in [2.75, 3.05) is 0 Å². The summed E-state index contributed by atoms with van der Waals surface area (Å²) in [5.74, 6) is -1.32. The lowest BCUT2D eigenvalue weighted by molar-refractivity contribution is -0.144. The van der Waals surface area contributed by atoms with E-state index in [2.05, 4.69) is 25.2 Å². The zero-order valence-electron chi connectivity index (χ0n) is 16.7. The van der Waals surface area contributed by atoms with E-state index in [1.54, 1.807) is 6.07 Å². The second kappa shape index (κ2) is 8.01. The van der Waals surface area contributed by atoms with Crippen molar-refractivity contribution in [3.05, 3.63) is 76.4 Å². The highest BCUT2D eigenvalue weighted by Crippen LogP contribution is 2.32. The minimum atomic E-state index is -1.30. The molecule has 1 aliphatic rings. The van der Waals surface area contributed by atoms with Crippen LogP contribution in [0, 0.1) is 6.92 Å². The number of carbonyl (C=O) groups excluding carboxylic acids is 1. The Morgan fingerprint density at radius 3 is 2.25 bits per heavy atom. The van der Waals surface area contributed by atoms with Gasteiger partial charge in [0, 0.05) is 18.4 Å². The number of hydrogen-bond acceptors (Lipinski definition) is 2. The number of benzene rings is 2. The fourth-order valence-electron chi connectivity index (χ4n) is 4.15. The molecule has 0 aliphatic heterocycles. The number of fused-ring (bicyclic) bond motifs is 1. The van der Waals surface area contributed by atoms with Crippen LogP contribution < -0.4 is 5.32 Å². The predicted octanol–water partition coefficient (Wildman–Crippen LogP) is 4.55. The SMILES string of the molecule is CC/C=C(/CC)c1c(C)cccc1C(=O)NC1(C(=O)O)Cc2ccccc2C1. The summed E-state index contributed by atoms with van der Waals surface area (Å²) in [7, 11) is 0. The molecule has 0 spiro atoms. The molecule has 4 nitrogen and oxygen atoms in total. The zero-order chi connectivity index (χ0) is 20.3. The molecule has 0 saturated heterocycles. The summed E-state index contributed by atoms with van der Waals surface area (Å²) >= 11 is 0. The maximum atomic E-state index is 13.3. The molecule has 0 fully saturated rings. The molecule has 4 heteroatoms. The molecule has 28 heavy (non-hydrogen) atoms. The van der Waals surface area contributed by atoms with E-state index in [0.29, 0.717) is 18.4 Å². The van der Waals surface area contributed by atoms with Gasteiger partial charge in [-0.1, -0.05) is 56.3 Å². The molecule has 0 heterocycles. The zero-order valence-corrected chi connectivity index (χ0v) is 16.7. The first-order valence-electron chi connectivity index (χ1n) is 9.83. The van der Waals surface area contributed by atoms with E-state index in [9.17, 15) is 14.7 Å². The Morgan fingerprint density at radius 1 is 1.07 bits per heavy atom. The Kier molecular flexibility index (Phi) is 5.68. The Morgan fingerprint density at radius 2 is 1.71 bits per heavy atom. The van der Waals surface area contributed by atoms with Crippen LogP contribution in [0.3, 0.4) is 0 Å². The smallest absolute Gasteiger partial charge is 0.330 e. The van der Waals surface area contributed by atoms with Gasteiger partial charge in [-0.25, -0.2) is 4.79 Å². The molecule has 1 aliphatic carbocycles. The third-order valence-corrected chi connectivity index (χ3v) is 5.53. The first-order valence-corrected chi connectivity index (χ1v) is 9.83. The number of carbonyl (C=O) groups is 2. The second-order valence-electron chi connectivity index (χ2n) is 7.45. The van der Waals surface area contributed by atoms with Crippen molar-refractivity contribution in [2.45, 2.75) is 52.0 Å². The van der Waals surface area contributed by atoms with Crippen molar-refractivity contribution in [1.29, 1.82) is 0 Å². The van der Waals surface area contributed by atoms with Crippen LogP contribution in [0.25, 0.3) is 5.57 Å². The van der Waals surface area contributed by atoms with Gasteiger partial charge in [0.05, 0.1) is 0 Å². The molecular weight excluding hydrogens is 350 g/mol. The number of nitrogens with one attached hydrogen (secondary N) is 1. The third-order valence-electron chi connectivity index (χ3n) is 5.53. The van der Waals surface area contributed by atoms with E-state index in [4.69, 9.17) is 0 Å². The van der Waals surface area contributed by atoms with Crippen molar-refractivity contribution in [1.82, 2.24) is 5.32 Å². The Balaban J connectivity index is 1.98. The summed E-state index contributed by atoms with van der Waals surface area (Å²) in [6.45, 7) is 6.13. The van der Waals surface area contributed by atoms with Crippen LogP contribution in [0.4, 0.5) is 0 Å². The number of carboxylic acid groups (broad SMARTS) is 1. The van der Waals surface area contributed by atoms with Crippen molar-refractivity contribution in [3.8, 4) is 0 Å². The number of carboxylic acids is 1. The minimum Gasteiger partial charge on any atom is -0.479 e. The molecular formula is C24H27NO3. The van der Waals surface area contributed by atoms with E-state index in [0.717, 1.165) is 40.7 Å². The lowest BCUT2D eigenvalue weighted by atomic mass is 9.90. The molecule has 0 bridgehead atoms. The molecule has 2 aromatic rings. The van der Waals surface area contributed by atoms with Crippen LogP contribution in [0.1, 0.15) is 59.3 Å². The Bertz CT molecular complexity index is 918. The van der Waals surface area contributed by atoms with E-state index >= 15 is 0 Å². The number of aliphatic carboxylic acids is 1.